The molecule has 0 saturated carbocycles. The van der Waals surface area contributed by atoms with Crippen LogP contribution in [0.15, 0.2) is 84.4 Å². The number of nitrogens with zero attached hydrogens (tertiary/aromatic N) is 1. The van der Waals surface area contributed by atoms with Crippen molar-refractivity contribution >= 4 is 21.6 Å². The van der Waals surface area contributed by atoms with Crippen LogP contribution in [0.3, 0.4) is 0 Å². The topological polar surface area (TPSA) is 97.4 Å². The van der Waals surface area contributed by atoms with Crippen molar-refractivity contribution in [3.05, 3.63) is 90.9 Å². The number of sulfonamides is 1. The molecule has 1 heterocycles. The van der Waals surface area contributed by atoms with Gasteiger partial charge in [0.1, 0.15) is 17.1 Å². The molecule has 0 aliphatic rings. The molecule has 154 valence electrons. The average molecular weight is 427 g/mol. The summed E-state index contributed by atoms with van der Waals surface area (Å²) >= 11 is 0. The first-order valence-electron chi connectivity index (χ1n) is 8.79. The average Bonchev–Trinajstić information content (AvgIpc) is 2.72. The van der Waals surface area contributed by atoms with Crippen LogP contribution in [0.25, 0.3) is 0 Å². The third kappa shape index (κ3) is 5.21. The van der Waals surface area contributed by atoms with Crippen molar-refractivity contribution in [3.8, 4) is 11.6 Å². The summed E-state index contributed by atoms with van der Waals surface area (Å²) in [6.45, 7) is 3.83. The first-order chi connectivity index (χ1) is 14.4. The Bertz CT molecular complexity index is 1160. The van der Waals surface area contributed by atoms with E-state index in [1.165, 1.54) is 30.5 Å². The minimum atomic E-state index is -3.91. The molecule has 7 nitrogen and oxygen atoms in total. The van der Waals surface area contributed by atoms with Gasteiger partial charge in [-0.15, -0.1) is 6.58 Å². The Balaban J connectivity index is 1.81. The van der Waals surface area contributed by atoms with E-state index < -0.39 is 15.8 Å². The second-order valence-corrected chi connectivity index (χ2v) is 7.73. The van der Waals surface area contributed by atoms with Gasteiger partial charge in [-0.25, -0.2) is 17.8 Å². The summed E-state index contributed by atoms with van der Waals surface area (Å²) in [7, 11) is -3.91. The van der Waals surface area contributed by atoms with E-state index in [9.17, 15) is 17.6 Å². The van der Waals surface area contributed by atoms with E-state index in [2.05, 4.69) is 21.6 Å². The van der Waals surface area contributed by atoms with Gasteiger partial charge in [-0.3, -0.25) is 9.52 Å². The fourth-order valence-electron chi connectivity index (χ4n) is 2.47. The molecule has 0 spiro atoms. The monoisotopic (exact) mass is 427 g/mol. The number of carbonyl (C=O) groups excluding carboxylic acids is 1. The lowest BCUT2D eigenvalue weighted by Gasteiger charge is -2.12. The molecular weight excluding hydrogens is 409 g/mol. The molecule has 30 heavy (non-hydrogen) atoms. The minimum Gasteiger partial charge on any atom is -0.438 e. The Labute approximate surface area is 173 Å². The van der Waals surface area contributed by atoms with Crippen LogP contribution in [0.1, 0.15) is 10.4 Å². The molecule has 9 heteroatoms. The Hall–Kier alpha value is -3.72. The van der Waals surface area contributed by atoms with Gasteiger partial charge in [0.05, 0.1) is 10.6 Å². The van der Waals surface area contributed by atoms with Crippen LogP contribution in [-0.4, -0.2) is 25.9 Å². The zero-order chi connectivity index (χ0) is 21.6. The second kappa shape index (κ2) is 9.19. The molecule has 0 unspecified atom stereocenters. The summed E-state index contributed by atoms with van der Waals surface area (Å²) in [5.74, 6) is -0.581. The van der Waals surface area contributed by atoms with Crippen molar-refractivity contribution in [1.29, 1.82) is 0 Å². The molecule has 3 rings (SSSR count). The highest BCUT2D eigenvalue weighted by Crippen LogP contribution is 2.26. The molecule has 0 bridgehead atoms. The maximum absolute atomic E-state index is 13.0. The molecule has 0 atom stereocenters. The molecule has 2 aromatic carbocycles. The molecule has 1 aromatic heterocycles. The fraction of sp³-hybridized carbons (Fsp3) is 0.0476. The van der Waals surface area contributed by atoms with Crippen LogP contribution in [-0.2, 0) is 10.0 Å². The van der Waals surface area contributed by atoms with E-state index in [4.69, 9.17) is 4.74 Å². The van der Waals surface area contributed by atoms with Gasteiger partial charge in [-0.05, 0) is 48.5 Å². The number of amides is 1. The van der Waals surface area contributed by atoms with Gasteiger partial charge < -0.3 is 10.1 Å². The van der Waals surface area contributed by atoms with Gasteiger partial charge in [0.2, 0.25) is 5.88 Å². The Morgan fingerprint density at radius 2 is 1.90 bits per heavy atom. The van der Waals surface area contributed by atoms with Gasteiger partial charge in [0.15, 0.2) is 0 Å². The van der Waals surface area contributed by atoms with Crippen LogP contribution in [0.4, 0.5) is 10.1 Å². The number of carbonyl (C=O) groups is 1. The van der Waals surface area contributed by atoms with Gasteiger partial charge in [-0.2, -0.15) is 0 Å². The molecule has 2 N–H and O–H groups in total. The normalized spacial score (nSPS) is 10.8. The number of aromatic nitrogens is 1. The standard InChI is InChI=1S/C21H18FN3O4S/c1-2-12-23-20(26)19-7-4-13-24-21(19)29-17-6-3-5-16(14-17)25-30(27,28)18-10-8-15(22)9-11-18/h2-11,13-14,25H,1,12H2,(H,23,26). The Morgan fingerprint density at radius 3 is 2.63 bits per heavy atom. The summed E-state index contributed by atoms with van der Waals surface area (Å²) in [6.07, 6.45) is 3.02. The lowest BCUT2D eigenvalue weighted by Crippen LogP contribution is -2.23. The molecule has 0 fully saturated rings. The zero-order valence-corrected chi connectivity index (χ0v) is 16.5. The smallest absolute Gasteiger partial charge is 0.261 e. The highest BCUT2D eigenvalue weighted by molar-refractivity contribution is 7.92. The number of anilines is 1. The largest absolute Gasteiger partial charge is 0.438 e. The van der Waals surface area contributed by atoms with Crippen LogP contribution in [0.5, 0.6) is 11.6 Å². The third-order valence-corrected chi connectivity index (χ3v) is 5.24. The van der Waals surface area contributed by atoms with Crippen LogP contribution in [0, 0.1) is 5.82 Å². The summed E-state index contributed by atoms with van der Waals surface area (Å²) in [5, 5.41) is 2.64. The number of rotatable bonds is 8. The van der Waals surface area contributed by atoms with Crippen molar-refractivity contribution in [3.63, 3.8) is 0 Å². The Kier molecular flexibility index (Phi) is 6.43. The number of pyridine rings is 1. The van der Waals surface area contributed by atoms with Crippen molar-refractivity contribution in [1.82, 2.24) is 10.3 Å². The van der Waals surface area contributed by atoms with Gasteiger partial charge in [-0.1, -0.05) is 12.1 Å². The number of nitrogens with one attached hydrogen (secondary N) is 2. The van der Waals surface area contributed by atoms with E-state index in [1.54, 1.807) is 30.3 Å². The highest BCUT2D eigenvalue weighted by Gasteiger charge is 2.16. The van der Waals surface area contributed by atoms with Crippen LogP contribution >= 0.6 is 0 Å². The van der Waals surface area contributed by atoms with E-state index >= 15 is 0 Å². The maximum atomic E-state index is 13.0. The van der Waals surface area contributed by atoms with Crippen molar-refractivity contribution in [2.75, 3.05) is 11.3 Å². The zero-order valence-electron chi connectivity index (χ0n) is 15.7. The first kappa shape index (κ1) is 21.0. The summed E-state index contributed by atoms with van der Waals surface area (Å²) in [4.78, 5) is 16.3. The Morgan fingerprint density at radius 1 is 1.13 bits per heavy atom. The fourth-order valence-corrected chi connectivity index (χ4v) is 3.52. The van der Waals surface area contributed by atoms with Crippen molar-refractivity contribution < 1.29 is 22.3 Å². The molecule has 0 radical (unpaired) electrons. The predicted octanol–water partition coefficient (Wildman–Crippen LogP) is 3.73. The number of benzene rings is 2. The maximum Gasteiger partial charge on any atom is 0.261 e. The summed E-state index contributed by atoms with van der Waals surface area (Å²) in [6, 6.07) is 13.8. The van der Waals surface area contributed by atoms with Gasteiger partial charge in [0, 0.05) is 18.8 Å². The molecule has 3 aromatic rings. The van der Waals surface area contributed by atoms with E-state index in [1.807, 2.05) is 0 Å². The lowest BCUT2D eigenvalue weighted by atomic mass is 10.2. The quantitative estimate of drug-likeness (QED) is 0.534. The van der Waals surface area contributed by atoms with Gasteiger partial charge >= 0.3 is 0 Å². The van der Waals surface area contributed by atoms with E-state index in [0.717, 1.165) is 12.1 Å². The molecule has 0 aliphatic heterocycles. The predicted molar refractivity (Wildman–Crippen MR) is 110 cm³/mol. The number of halogens is 1. The minimum absolute atomic E-state index is 0.0672. The summed E-state index contributed by atoms with van der Waals surface area (Å²) in [5.41, 5.74) is 0.446. The lowest BCUT2D eigenvalue weighted by molar-refractivity contribution is 0.0955. The van der Waals surface area contributed by atoms with Crippen LogP contribution < -0.4 is 14.8 Å². The van der Waals surface area contributed by atoms with Gasteiger partial charge in [0.25, 0.3) is 15.9 Å². The van der Waals surface area contributed by atoms with Crippen LogP contribution in [0.2, 0.25) is 0 Å². The molecule has 1 amide bonds. The number of ether oxygens (including phenoxy) is 1. The first-order valence-corrected chi connectivity index (χ1v) is 10.3. The summed E-state index contributed by atoms with van der Waals surface area (Å²) < 4.78 is 46.1. The third-order valence-electron chi connectivity index (χ3n) is 3.85. The highest BCUT2D eigenvalue weighted by atomic mass is 32.2. The number of hydrogen-bond acceptors (Lipinski definition) is 5. The van der Waals surface area contributed by atoms with E-state index in [0.29, 0.717) is 0 Å². The number of hydrogen-bond donors (Lipinski definition) is 2. The SMILES string of the molecule is C=CCNC(=O)c1cccnc1Oc1cccc(NS(=O)(=O)c2ccc(F)cc2)c1. The molecule has 0 aliphatic carbocycles. The van der Waals surface area contributed by atoms with Crippen molar-refractivity contribution in [2.24, 2.45) is 0 Å². The van der Waals surface area contributed by atoms with Crippen molar-refractivity contribution in [2.45, 2.75) is 4.90 Å². The van der Waals surface area contributed by atoms with E-state index in [-0.39, 0.29) is 40.2 Å². The molecule has 0 saturated heterocycles. The second-order valence-electron chi connectivity index (χ2n) is 6.04. The molecular formula is C21H18FN3O4S.